The average Bonchev–Trinajstić information content (AvgIpc) is 3.20. The molecular weight excluding hydrogens is 238 g/mol. The maximum atomic E-state index is 10.1. The second-order valence-corrected chi connectivity index (χ2v) is 6.20. The molecule has 1 saturated heterocycles. The fourth-order valence-electron chi connectivity index (χ4n) is 2.67. The monoisotopic (exact) mass is 261 g/mol. The first-order valence-electron chi connectivity index (χ1n) is 7.28. The number of pyridine rings is 1. The summed E-state index contributed by atoms with van der Waals surface area (Å²) in [5, 5.41) is 13.6. The molecule has 1 aliphatic carbocycles. The third kappa shape index (κ3) is 3.45. The molecule has 104 valence electrons. The molecule has 0 radical (unpaired) electrons. The number of β-amino-alcohol motifs (C(OH)–C–C–N with tert-alkyl or cyclic N) is 1. The summed E-state index contributed by atoms with van der Waals surface area (Å²) in [6, 6.07) is 4.95. The zero-order valence-electron chi connectivity index (χ0n) is 11.6. The van der Waals surface area contributed by atoms with Crippen LogP contribution in [0, 0.1) is 0 Å². The smallest absolute Gasteiger partial charge is 0.128 e. The first-order chi connectivity index (χ1) is 9.12. The maximum absolute atomic E-state index is 10.1. The lowest BCUT2D eigenvalue weighted by molar-refractivity contribution is 0.0447. The van der Waals surface area contributed by atoms with Crippen molar-refractivity contribution in [3.63, 3.8) is 0 Å². The van der Waals surface area contributed by atoms with Crippen LogP contribution in [0.2, 0.25) is 0 Å². The molecule has 1 unspecified atom stereocenters. The van der Waals surface area contributed by atoms with E-state index in [9.17, 15) is 5.11 Å². The molecule has 1 aromatic heterocycles. The van der Waals surface area contributed by atoms with Gasteiger partial charge >= 0.3 is 0 Å². The van der Waals surface area contributed by atoms with E-state index in [4.69, 9.17) is 0 Å². The number of piperidine rings is 1. The Hall–Kier alpha value is -1.13. The molecule has 1 aromatic rings. The van der Waals surface area contributed by atoms with Crippen LogP contribution in [-0.4, -0.2) is 34.8 Å². The van der Waals surface area contributed by atoms with Crippen LogP contribution in [0.15, 0.2) is 18.3 Å². The summed E-state index contributed by atoms with van der Waals surface area (Å²) < 4.78 is 0. The predicted octanol–water partition coefficient (Wildman–Crippen LogP) is 1.68. The molecule has 0 spiro atoms. The number of aliphatic hydroxyl groups is 1. The van der Waals surface area contributed by atoms with Gasteiger partial charge < -0.3 is 15.3 Å². The highest BCUT2D eigenvalue weighted by molar-refractivity contribution is 5.40. The molecule has 2 aliphatic rings. The SMILES string of the molecule is CC1(O)CCCN(c2ccc(CNC3CC3)cn2)C1. The Bertz CT molecular complexity index is 426. The van der Waals surface area contributed by atoms with Crippen molar-refractivity contribution in [1.82, 2.24) is 10.3 Å². The number of nitrogens with one attached hydrogen (secondary N) is 1. The largest absolute Gasteiger partial charge is 0.388 e. The van der Waals surface area contributed by atoms with Gasteiger partial charge in [-0.05, 0) is 44.2 Å². The molecule has 3 rings (SSSR count). The molecule has 0 aromatic carbocycles. The molecule has 2 N–H and O–H groups in total. The van der Waals surface area contributed by atoms with Gasteiger partial charge in [-0.3, -0.25) is 0 Å². The summed E-state index contributed by atoms with van der Waals surface area (Å²) in [4.78, 5) is 6.72. The summed E-state index contributed by atoms with van der Waals surface area (Å²) in [5.74, 6) is 0.982. The Morgan fingerprint density at radius 1 is 1.47 bits per heavy atom. The minimum atomic E-state index is -0.577. The number of hydrogen-bond acceptors (Lipinski definition) is 4. The summed E-state index contributed by atoms with van der Waals surface area (Å²) in [6.45, 7) is 4.49. The van der Waals surface area contributed by atoms with Crippen LogP contribution in [0.1, 0.15) is 38.2 Å². The first-order valence-corrected chi connectivity index (χ1v) is 7.28. The van der Waals surface area contributed by atoms with Gasteiger partial charge in [-0.15, -0.1) is 0 Å². The van der Waals surface area contributed by atoms with Gasteiger partial charge in [0.2, 0.25) is 0 Å². The van der Waals surface area contributed by atoms with E-state index in [1.807, 2.05) is 13.1 Å². The Kier molecular flexibility index (Phi) is 3.46. The minimum Gasteiger partial charge on any atom is -0.388 e. The van der Waals surface area contributed by atoms with Gasteiger partial charge in [0.05, 0.1) is 5.60 Å². The lowest BCUT2D eigenvalue weighted by atomic mass is 9.95. The van der Waals surface area contributed by atoms with E-state index in [0.29, 0.717) is 6.54 Å². The van der Waals surface area contributed by atoms with Crippen LogP contribution in [0.5, 0.6) is 0 Å². The molecule has 4 heteroatoms. The Morgan fingerprint density at radius 3 is 2.95 bits per heavy atom. The molecule has 2 fully saturated rings. The van der Waals surface area contributed by atoms with Gasteiger partial charge in [0, 0.05) is 31.9 Å². The first kappa shape index (κ1) is 12.9. The van der Waals surface area contributed by atoms with Gasteiger partial charge in [-0.25, -0.2) is 4.98 Å². The predicted molar refractivity (Wildman–Crippen MR) is 76.2 cm³/mol. The number of aromatic nitrogens is 1. The highest BCUT2D eigenvalue weighted by Crippen LogP contribution is 2.24. The zero-order chi connectivity index (χ0) is 13.3. The lowest BCUT2D eigenvalue weighted by Gasteiger charge is -2.37. The summed E-state index contributed by atoms with van der Waals surface area (Å²) in [7, 11) is 0. The normalized spacial score (nSPS) is 27.6. The molecular formula is C15H23N3O. The fourth-order valence-corrected chi connectivity index (χ4v) is 2.67. The van der Waals surface area contributed by atoms with E-state index in [-0.39, 0.29) is 0 Å². The van der Waals surface area contributed by atoms with Gasteiger partial charge in [0.1, 0.15) is 5.82 Å². The molecule has 4 nitrogen and oxygen atoms in total. The van der Waals surface area contributed by atoms with Crippen LogP contribution in [-0.2, 0) is 6.54 Å². The minimum absolute atomic E-state index is 0.577. The van der Waals surface area contributed by atoms with E-state index in [0.717, 1.165) is 37.8 Å². The van der Waals surface area contributed by atoms with Crippen molar-refractivity contribution >= 4 is 5.82 Å². The molecule has 0 bridgehead atoms. The topological polar surface area (TPSA) is 48.4 Å². The van der Waals surface area contributed by atoms with Gasteiger partial charge in [0.25, 0.3) is 0 Å². The quantitative estimate of drug-likeness (QED) is 0.866. The van der Waals surface area contributed by atoms with Crippen LogP contribution < -0.4 is 10.2 Å². The van der Waals surface area contributed by atoms with E-state index in [2.05, 4.69) is 27.3 Å². The Morgan fingerprint density at radius 2 is 2.32 bits per heavy atom. The second kappa shape index (κ2) is 5.10. The Labute approximate surface area is 114 Å². The third-order valence-electron chi connectivity index (χ3n) is 3.98. The number of anilines is 1. The van der Waals surface area contributed by atoms with Crippen molar-refractivity contribution in [3.05, 3.63) is 23.9 Å². The van der Waals surface area contributed by atoms with Gasteiger partial charge in [0.15, 0.2) is 0 Å². The van der Waals surface area contributed by atoms with Gasteiger partial charge in [-0.1, -0.05) is 6.07 Å². The second-order valence-electron chi connectivity index (χ2n) is 6.20. The average molecular weight is 261 g/mol. The summed E-state index contributed by atoms with van der Waals surface area (Å²) in [5.41, 5.74) is 0.658. The van der Waals surface area contributed by atoms with Crippen molar-refractivity contribution in [2.45, 2.75) is 50.8 Å². The van der Waals surface area contributed by atoms with Crippen LogP contribution in [0.4, 0.5) is 5.82 Å². The highest BCUT2D eigenvalue weighted by Gasteiger charge is 2.28. The van der Waals surface area contributed by atoms with Crippen LogP contribution in [0.25, 0.3) is 0 Å². The van der Waals surface area contributed by atoms with E-state index in [1.54, 1.807) is 0 Å². The third-order valence-corrected chi connectivity index (χ3v) is 3.98. The van der Waals surface area contributed by atoms with E-state index < -0.39 is 5.60 Å². The fraction of sp³-hybridized carbons (Fsp3) is 0.667. The standard InChI is InChI=1S/C15H23N3O/c1-15(19)7-2-8-18(11-15)14-6-3-12(10-17-14)9-16-13-4-5-13/h3,6,10,13,16,19H,2,4-5,7-9,11H2,1H3. The van der Waals surface area contributed by atoms with E-state index in [1.165, 1.54) is 18.4 Å². The van der Waals surface area contributed by atoms with Crippen molar-refractivity contribution in [2.75, 3.05) is 18.0 Å². The highest BCUT2D eigenvalue weighted by atomic mass is 16.3. The van der Waals surface area contributed by atoms with Crippen LogP contribution in [0.3, 0.4) is 0 Å². The van der Waals surface area contributed by atoms with Crippen molar-refractivity contribution in [3.8, 4) is 0 Å². The summed E-state index contributed by atoms with van der Waals surface area (Å²) >= 11 is 0. The number of nitrogens with zero attached hydrogens (tertiary/aromatic N) is 2. The van der Waals surface area contributed by atoms with Crippen molar-refractivity contribution in [1.29, 1.82) is 0 Å². The molecule has 1 aliphatic heterocycles. The molecule has 1 atom stereocenters. The molecule has 1 saturated carbocycles. The van der Waals surface area contributed by atoms with Gasteiger partial charge in [-0.2, -0.15) is 0 Å². The molecule has 2 heterocycles. The maximum Gasteiger partial charge on any atom is 0.128 e. The van der Waals surface area contributed by atoms with E-state index >= 15 is 0 Å². The molecule has 0 amide bonds. The van der Waals surface area contributed by atoms with Crippen molar-refractivity contribution in [2.24, 2.45) is 0 Å². The molecule has 19 heavy (non-hydrogen) atoms. The Balaban J connectivity index is 1.61. The zero-order valence-corrected chi connectivity index (χ0v) is 11.6. The summed E-state index contributed by atoms with van der Waals surface area (Å²) in [6.07, 6.45) is 6.49. The van der Waals surface area contributed by atoms with Crippen molar-refractivity contribution < 1.29 is 5.11 Å². The number of hydrogen-bond donors (Lipinski definition) is 2. The van der Waals surface area contributed by atoms with Crippen LogP contribution >= 0.6 is 0 Å². The lowest BCUT2D eigenvalue weighted by Crippen LogP contribution is -2.46. The number of rotatable bonds is 4.